The summed E-state index contributed by atoms with van der Waals surface area (Å²) < 4.78 is 21.3. The number of hydrogen-bond acceptors (Lipinski definition) is 6. The molecule has 2 atom stereocenters. The van der Waals surface area contributed by atoms with Crippen molar-refractivity contribution >= 4 is 42.9 Å². The van der Waals surface area contributed by atoms with E-state index in [1.54, 1.807) is 42.2 Å². The molecule has 1 aliphatic heterocycles. The summed E-state index contributed by atoms with van der Waals surface area (Å²) in [7, 11) is 0. The van der Waals surface area contributed by atoms with Crippen LogP contribution in [0.4, 0.5) is 4.39 Å². The molecule has 1 saturated carbocycles. The van der Waals surface area contributed by atoms with Gasteiger partial charge in [0.1, 0.15) is 12.4 Å². The fourth-order valence-corrected chi connectivity index (χ4v) is 4.43. The van der Waals surface area contributed by atoms with Crippen LogP contribution >= 0.6 is 25.0 Å². The highest BCUT2D eigenvalue weighted by Gasteiger charge is 2.40. The highest BCUT2D eigenvalue weighted by atomic mass is 35.5. The number of halogens is 2. The molecule has 9 heteroatoms. The van der Waals surface area contributed by atoms with Gasteiger partial charge in [-0.2, -0.15) is 12.6 Å². The van der Waals surface area contributed by atoms with E-state index in [2.05, 4.69) is 9.88 Å². The number of imidazole rings is 1. The number of aromatic nitrogens is 2. The molecule has 1 aliphatic carbocycles. The number of likely N-dealkylation sites (tertiary alicyclic amines) is 1. The van der Waals surface area contributed by atoms with E-state index in [0.717, 1.165) is 24.8 Å². The number of nitrogens with zero attached hydrogens (tertiary/aromatic N) is 3. The predicted octanol–water partition coefficient (Wildman–Crippen LogP) is 4.12. The van der Waals surface area contributed by atoms with Crippen LogP contribution in [0.5, 0.6) is 0 Å². The summed E-state index contributed by atoms with van der Waals surface area (Å²) in [5.41, 5.74) is 2.17. The molecule has 2 aromatic rings. The highest BCUT2D eigenvalue weighted by Crippen LogP contribution is 2.39. The number of ketones is 1. The van der Waals surface area contributed by atoms with Crippen molar-refractivity contribution in [2.75, 3.05) is 19.7 Å². The molecule has 2 aliphatic rings. The largest absolute Gasteiger partial charge is 0.465 e. The van der Waals surface area contributed by atoms with Crippen LogP contribution in [-0.2, 0) is 20.9 Å². The van der Waals surface area contributed by atoms with Crippen LogP contribution in [0.2, 0.25) is 0 Å². The van der Waals surface area contributed by atoms with Gasteiger partial charge in [0.2, 0.25) is 0 Å². The van der Waals surface area contributed by atoms with Gasteiger partial charge in [-0.1, -0.05) is 18.2 Å². The average Bonchev–Trinajstić information content (AvgIpc) is 3.53. The van der Waals surface area contributed by atoms with Crippen LogP contribution in [0.15, 0.2) is 42.4 Å². The smallest absolute Gasteiger partial charge is 0.325 e. The van der Waals surface area contributed by atoms with Crippen molar-refractivity contribution in [2.45, 2.75) is 44.0 Å². The number of benzene rings is 1. The number of carbonyl (C=O) groups excluding carboxylic acids is 2. The topological polar surface area (TPSA) is 64.4 Å². The second-order valence-corrected chi connectivity index (χ2v) is 8.99. The molecule has 0 N–H and O–H groups in total. The fraction of sp³-hybridized carbons (Fsp3) is 0.458. The van der Waals surface area contributed by atoms with Crippen LogP contribution in [-0.4, -0.2) is 51.1 Å². The Bertz CT molecular complexity index is 1020. The minimum absolute atomic E-state index is 0. The summed E-state index contributed by atoms with van der Waals surface area (Å²) in [6, 6.07) is 5.97. The average molecular weight is 494 g/mol. The molecule has 0 bridgehead atoms. The van der Waals surface area contributed by atoms with Crippen LogP contribution in [0, 0.1) is 11.7 Å². The quantitative estimate of drug-likeness (QED) is 0.443. The number of thiol groups is 1. The van der Waals surface area contributed by atoms with Crippen molar-refractivity contribution in [3.8, 4) is 0 Å². The van der Waals surface area contributed by atoms with Gasteiger partial charge in [0.25, 0.3) is 0 Å². The molecule has 2 unspecified atom stereocenters. The zero-order chi connectivity index (χ0) is 22.7. The van der Waals surface area contributed by atoms with Gasteiger partial charge in [-0.15, -0.1) is 12.4 Å². The van der Waals surface area contributed by atoms with E-state index in [4.69, 9.17) is 17.4 Å². The van der Waals surface area contributed by atoms with Gasteiger partial charge in [0.15, 0.2) is 5.78 Å². The first kappa shape index (κ1) is 25.5. The number of Topliss-reactive ketones (excluding diaryl/α,β-unsaturated/α-hetero) is 1. The molecule has 1 saturated heterocycles. The Balaban J connectivity index is 0.00000306. The lowest BCUT2D eigenvalue weighted by Crippen LogP contribution is -2.42. The molecule has 33 heavy (non-hydrogen) atoms. The minimum Gasteiger partial charge on any atom is -0.465 e. The summed E-state index contributed by atoms with van der Waals surface area (Å²) in [6.45, 7) is 3.39. The fourth-order valence-electron chi connectivity index (χ4n) is 4.16. The summed E-state index contributed by atoms with van der Waals surface area (Å²) in [5, 5.41) is 0.0266. The van der Waals surface area contributed by atoms with Gasteiger partial charge in [-0.05, 0) is 43.9 Å². The van der Waals surface area contributed by atoms with Crippen molar-refractivity contribution < 1.29 is 18.7 Å². The van der Waals surface area contributed by atoms with E-state index < -0.39 is 6.04 Å². The molecular formula is C24H29ClFN3O3S. The van der Waals surface area contributed by atoms with Crippen LogP contribution in [0.3, 0.4) is 0 Å². The summed E-state index contributed by atoms with van der Waals surface area (Å²) in [6.07, 6.45) is 7.84. The van der Waals surface area contributed by atoms with Gasteiger partial charge >= 0.3 is 5.97 Å². The molecule has 0 radical (unpaired) electrons. The molecule has 4 rings (SSSR count). The zero-order valence-electron chi connectivity index (χ0n) is 18.5. The lowest BCUT2D eigenvalue weighted by Gasteiger charge is -2.37. The monoisotopic (exact) mass is 493 g/mol. The van der Waals surface area contributed by atoms with Gasteiger partial charge < -0.3 is 9.30 Å². The number of esters is 1. The highest BCUT2D eigenvalue weighted by molar-refractivity contribution is 7.81. The molecular weight excluding hydrogens is 465 g/mol. The maximum atomic E-state index is 14.7. The molecule has 2 fully saturated rings. The molecule has 1 aromatic carbocycles. The van der Waals surface area contributed by atoms with Crippen LogP contribution in [0.25, 0.3) is 6.08 Å². The predicted molar refractivity (Wildman–Crippen MR) is 130 cm³/mol. The van der Waals surface area contributed by atoms with Gasteiger partial charge in [0.05, 0.1) is 24.7 Å². The molecule has 178 valence electrons. The maximum Gasteiger partial charge on any atom is 0.325 e. The number of carbonyl (C=O) groups is 2. The van der Waals surface area contributed by atoms with Crippen molar-refractivity contribution in [2.24, 2.45) is 5.92 Å². The third-order valence-corrected chi connectivity index (χ3v) is 6.51. The first-order chi connectivity index (χ1) is 15.5. The van der Waals surface area contributed by atoms with Crippen molar-refractivity contribution in [1.82, 2.24) is 14.5 Å². The molecule has 6 nitrogen and oxygen atoms in total. The Morgan fingerprint density at radius 2 is 2.06 bits per heavy atom. The van der Waals surface area contributed by atoms with E-state index >= 15 is 0 Å². The van der Waals surface area contributed by atoms with E-state index in [1.165, 1.54) is 6.07 Å². The Hall–Kier alpha value is -2.16. The number of piperidine rings is 1. The number of ether oxygens (including phenoxy) is 1. The van der Waals surface area contributed by atoms with Gasteiger partial charge in [-0.3, -0.25) is 14.5 Å². The Kier molecular flexibility index (Phi) is 8.73. The van der Waals surface area contributed by atoms with Gasteiger partial charge in [0, 0.05) is 36.0 Å². The van der Waals surface area contributed by atoms with Crippen LogP contribution < -0.4 is 0 Å². The standard InChI is InChI=1S/C24H28FN3O3S.ClH/c1-2-31-22(29)14-27-13-18(26-15-27)11-17-12-28(10-9-21(17)32)23(24(30)16-7-8-16)19-5-3-4-6-20(19)25;/h3-6,11,13,15-16,21,23,32H,2,7-10,12,14H2,1H3;1H/b17-11-;. The lowest BCUT2D eigenvalue weighted by molar-refractivity contribution is -0.143. The molecule has 1 aromatic heterocycles. The number of rotatable bonds is 8. The summed E-state index contributed by atoms with van der Waals surface area (Å²) in [4.78, 5) is 31.3. The molecule has 2 heterocycles. The van der Waals surface area contributed by atoms with E-state index in [0.29, 0.717) is 31.0 Å². The lowest BCUT2D eigenvalue weighted by atomic mass is 9.93. The first-order valence-corrected chi connectivity index (χ1v) is 11.6. The number of hydrogen-bond donors (Lipinski definition) is 1. The summed E-state index contributed by atoms with van der Waals surface area (Å²) in [5.74, 6) is -0.529. The van der Waals surface area contributed by atoms with E-state index in [9.17, 15) is 14.0 Å². The normalized spacial score (nSPS) is 20.8. The Labute approximate surface area is 205 Å². The third-order valence-electron chi connectivity index (χ3n) is 5.92. The third kappa shape index (κ3) is 6.25. The zero-order valence-corrected chi connectivity index (χ0v) is 20.2. The van der Waals surface area contributed by atoms with Crippen molar-refractivity contribution in [3.05, 3.63) is 59.4 Å². The van der Waals surface area contributed by atoms with Crippen LogP contribution in [0.1, 0.15) is 43.5 Å². The molecule has 0 spiro atoms. The van der Waals surface area contributed by atoms with Gasteiger partial charge in [-0.25, -0.2) is 9.37 Å². The maximum absolute atomic E-state index is 14.7. The Morgan fingerprint density at radius 3 is 2.76 bits per heavy atom. The second kappa shape index (κ2) is 11.3. The van der Waals surface area contributed by atoms with Crippen molar-refractivity contribution in [3.63, 3.8) is 0 Å². The molecule has 0 amide bonds. The minimum atomic E-state index is -0.589. The van der Waals surface area contributed by atoms with E-state index in [1.807, 2.05) is 6.08 Å². The SMILES string of the molecule is CCOC(=O)Cn1cnc(/C=C2/CN(C(C(=O)C3CC3)c3ccccc3F)CCC2S)c1.Cl. The second-order valence-electron chi connectivity index (χ2n) is 8.37. The van der Waals surface area contributed by atoms with Crippen molar-refractivity contribution in [1.29, 1.82) is 0 Å². The van der Waals surface area contributed by atoms with E-state index in [-0.39, 0.29) is 47.7 Å². The Morgan fingerprint density at radius 1 is 1.30 bits per heavy atom. The summed E-state index contributed by atoms with van der Waals surface area (Å²) >= 11 is 4.74. The first-order valence-electron chi connectivity index (χ1n) is 11.0.